The molecule has 0 spiro atoms. The lowest BCUT2D eigenvalue weighted by Crippen LogP contribution is -2.20. The van der Waals surface area contributed by atoms with Crippen LogP contribution in [0.2, 0.25) is 0 Å². The number of carbonyl (C=O) groups excluding carboxylic acids is 1. The molecule has 0 unspecified atom stereocenters. The van der Waals surface area contributed by atoms with E-state index in [0.717, 1.165) is 5.75 Å². The summed E-state index contributed by atoms with van der Waals surface area (Å²) in [6.45, 7) is 4.52. The molecule has 0 aliphatic carbocycles. The molecule has 0 aliphatic rings. The number of aryl methyl sites for hydroxylation is 2. The predicted octanol–water partition coefficient (Wildman–Crippen LogP) is 1.82. The van der Waals surface area contributed by atoms with Crippen molar-refractivity contribution < 1.29 is 9.53 Å². The molecule has 1 rings (SSSR count). The first-order valence-corrected chi connectivity index (χ1v) is 5.04. The molecule has 0 bridgehead atoms. The molecular weight excluding hydrogens is 190 g/mol. The van der Waals surface area contributed by atoms with E-state index >= 15 is 0 Å². The van der Waals surface area contributed by atoms with Crippen LogP contribution in [0.5, 0.6) is 5.75 Å². The normalized spacial score (nSPS) is 9.80. The highest BCUT2D eigenvalue weighted by atomic mass is 16.5. The Bertz CT molecular complexity index is 347. The summed E-state index contributed by atoms with van der Waals surface area (Å²) < 4.78 is 5.45. The zero-order valence-corrected chi connectivity index (χ0v) is 9.46. The zero-order valence-electron chi connectivity index (χ0n) is 9.46. The molecule has 0 heterocycles. The molecule has 0 fully saturated rings. The average molecular weight is 207 g/mol. The molecule has 0 aromatic heterocycles. The third kappa shape index (κ3) is 3.62. The van der Waals surface area contributed by atoms with E-state index in [1.54, 1.807) is 7.05 Å². The van der Waals surface area contributed by atoms with Crippen LogP contribution in [0.4, 0.5) is 0 Å². The maximum atomic E-state index is 10.9. The fraction of sp³-hybridized carbons (Fsp3) is 0.417. The fourth-order valence-electron chi connectivity index (χ4n) is 1.19. The van der Waals surface area contributed by atoms with Crippen LogP contribution >= 0.6 is 0 Å². The van der Waals surface area contributed by atoms with E-state index in [1.165, 1.54) is 11.1 Å². The van der Waals surface area contributed by atoms with E-state index in [1.807, 2.05) is 25.1 Å². The lowest BCUT2D eigenvalue weighted by molar-refractivity contribution is -0.121. The van der Waals surface area contributed by atoms with Crippen LogP contribution in [0.25, 0.3) is 0 Å². The minimum absolute atomic E-state index is 0.00108. The van der Waals surface area contributed by atoms with Gasteiger partial charge in [0.05, 0.1) is 13.0 Å². The molecule has 1 N–H and O–H groups in total. The summed E-state index contributed by atoms with van der Waals surface area (Å²) in [6, 6.07) is 5.93. The van der Waals surface area contributed by atoms with Crippen molar-refractivity contribution >= 4 is 5.91 Å². The Hall–Kier alpha value is -1.51. The number of hydrogen-bond donors (Lipinski definition) is 1. The van der Waals surface area contributed by atoms with Crippen LogP contribution in [0.1, 0.15) is 17.5 Å². The van der Waals surface area contributed by atoms with Crippen LogP contribution in [-0.2, 0) is 4.79 Å². The third-order valence-corrected chi connectivity index (χ3v) is 2.36. The highest BCUT2D eigenvalue weighted by Gasteiger charge is 2.00. The van der Waals surface area contributed by atoms with Gasteiger partial charge in [-0.25, -0.2) is 0 Å². The lowest BCUT2D eigenvalue weighted by atomic mass is 10.1. The Morgan fingerprint density at radius 1 is 1.33 bits per heavy atom. The standard InChI is InChI=1S/C12H17NO2/c1-9-4-5-11(8-10(9)2)15-7-6-12(14)13-3/h4-5,8H,6-7H2,1-3H3,(H,13,14). The topological polar surface area (TPSA) is 38.3 Å². The first kappa shape index (κ1) is 11.6. The van der Waals surface area contributed by atoms with Crippen molar-refractivity contribution in [3.05, 3.63) is 29.3 Å². The van der Waals surface area contributed by atoms with E-state index in [-0.39, 0.29) is 5.91 Å². The predicted molar refractivity (Wildman–Crippen MR) is 60.1 cm³/mol. The molecule has 15 heavy (non-hydrogen) atoms. The van der Waals surface area contributed by atoms with Gasteiger partial charge in [-0.3, -0.25) is 4.79 Å². The van der Waals surface area contributed by atoms with Gasteiger partial charge in [-0.1, -0.05) is 6.07 Å². The summed E-state index contributed by atoms with van der Waals surface area (Å²) in [5.41, 5.74) is 2.45. The Morgan fingerprint density at radius 2 is 2.07 bits per heavy atom. The molecule has 1 amide bonds. The van der Waals surface area contributed by atoms with Gasteiger partial charge in [0.1, 0.15) is 5.75 Å². The summed E-state index contributed by atoms with van der Waals surface area (Å²) in [5.74, 6) is 0.820. The van der Waals surface area contributed by atoms with Crippen molar-refractivity contribution in [3.63, 3.8) is 0 Å². The van der Waals surface area contributed by atoms with Gasteiger partial charge in [-0.15, -0.1) is 0 Å². The first-order chi connectivity index (χ1) is 7.13. The summed E-state index contributed by atoms with van der Waals surface area (Å²) in [4.78, 5) is 10.9. The first-order valence-electron chi connectivity index (χ1n) is 5.04. The Balaban J connectivity index is 2.44. The lowest BCUT2D eigenvalue weighted by Gasteiger charge is -2.07. The van der Waals surface area contributed by atoms with E-state index in [9.17, 15) is 4.79 Å². The number of ether oxygens (including phenoxy) is 1. The van der Waals surface area contributed by atoms with Gasteiger partial charge in [0.25, 0.3) is 0 Å². The van der Waals surface area contributed by atoms with Crippen molar-refractivity contribution in [1.82, 2.24) is 5.32 Å². The van der Waals surface area contributed by atoms with Crippen molar-refractivity contribution in [3.8, 4) is 5.75 Å². The minimum Gasteiger partial charge on any atom is -0.493 e. The number of amides is 1. The highest BCUT2D eigenvalue weighted by molar-refractivity contribution is 5.75. The van der Waals surface area contributed by atoms with E-state index < -0.39 is 0 Å². The number of rotatable bonds is 4. The number of nitrogens with one attached hydrogen (secondary N) is 1. The van der Waals surface area contributed by atoms with Crippen molar-refractivity contribution in [2.24, 2.45) is 0 Å². The van der Waals surface area contributed by atoms with Crippen LogP contribution in [0.3, 0.4) is 0 Å². The van der Waals surface area contributed by atoms with E-state index in [2.05, 4.69) is 12.2 Å². The fourth-order valence-corrected chi connectivity index (χ4v) is 1.19. The zero-order chi connectivity index (χ0) is 11.3. The molecule has 0 atom stereocenters. The van der Waals surface area contributed by atoms with Crippen molar-refractivity contribution in [2.75, 3.05) is 13.7 Å². The molecule has 0 radical (unpaired) electrons. The monoisotopic (exact) mass is 207 g/mol. The van der Waals surface area contributed by atoms with E-state index in [0.29, 0.717) is 13.0 Å². The largest absolute Gasteiger partial charge is 0.493 e. The average Bonchev–Trinajstić information content (AvgIpc) is 2.23. The highest BCUT2D eigenvalue weighted by Crippen LogP contribution is 2.16. The Labute approximate surface area is 90.4 Å². The summed E-state index contributed by atoms with van der Waals surface area (Å²) in [7, 11) is 1.62. The summed E-state index contributed by atoms with van der Waals surface area (Å²) >= 11 is 0. The molecule has 1 aromatic rings. The van der Waals surface area contributed by atoms with Crippen LogP contribution < -0.4 is 10.1 Å². The molecule has 0 aliphatic heterocycles. The molecule has 0 saturated heterocycles. The van der Waals surface area contributed by atoms with Crippen LogP contribution in [-0.4, -0.2) is 19.6 Å². The van der Waals surface area contributed by atoms with Gasteiger partial charge in [-0.2, -0.15) is 0 Å². The van der Waals surface area contributed by atoms with Gasteiger partial charge >= 0.3 is 0 Å². The SMILES string of the molecule is CNC(=O)CCOc1ccc(C)c(C)c1. The molecule has 0 saturated carbocycles. The third-order valence-electron chi connectivity index (χ3n) is 2.36. The summed E-state index contributed by atoms with van der Waals surface area (Å²) in [6.07, 6.45) is 0.392. The van der Waals surface area contributed by atoms with Gasteiger partial charge < -0.3 is 10.1 Å². The Morgan fingerprint density at radius 3 is 2.67 bits per heavy atom. The van der Waals surface area contributed by atoms with Crippen molar-refractivity contribution in [2.45, 2.75) is 20.3 Å². The molecular formula is C12H17NO2. The van der Waals surface area contributed by atoms with Gasteiger partial charge in [0.2, 0.25) is 5.91 Å². The second-order valence-electron chi connectivity index (χ2n) is 3.52. The smallest absolute Gasteiger partial charge is 0.223 e. The summed E-state index contributed by atoms with van der Waals surface area (Å²) in [5, 5.41) is 2.55. The van der Waals surface area contributed by atoms with Gasteiger partial charge in [0.15, 0.2) is 0 Å². The van der Waals surface area contributed by atoms with Crippen LogP contribution in [0, 0.1) is 13.8 Å². The quantitative estimate of drug-likeness (QED) is 0.817. The number of hydrogen-bond acceptors (Lipinski definition) is 2. The minimum atomic E-state index is -0.00108. The van der Waals surface area contributed by atoms with Crippen molar-refractivity contribution in [1.29, 1.82) is 0 Å². The molecule has 3 nitrogen and oxygen atoms in total. The second kappa shape index (κ2) is 5.39. The number of carbonyl (C=O) groups is 1. The maximum absolute atomic E-state index is 10.9. The Kier molecular flexibility index (Phi) is 4.16. The van der Waals surface area contributed by atoms with Gasteiger partial charge in [-0.05, 0) is 37.1 Å². The number of benzene rings is 1. The van der Waals surface area contributed by atoms with Crippen LogP contribution in [0.15, 0.2) is 18.2 Å². The molecule has 82 valence electrons. The molecule has 3 heteroatoms. The maximum Gasteiger partial charge on any atom is 0.223 e. The van der Waals surface area contributed by atoms with Gasteiger partial charge in [0, 0.05) is 7.05 Å². The second-order valence-corrected chi connectivity index (χ2v) is 3.52. The van der Waals surface area contributed by atoms with E-state index in [4.69, 9.17) is 4.74 Å². The molecule has 1 aromatic carbocycles.